The molecule has 0 spiro atoms. The number of hydrogen-bond donors (Lipinski definition) is 2. The molecule has 0 unspecified atom stereocenters. The van der Waals surface area contributed by atoms with Gasteiger partial charge in [-0.1, -0.05) is 19.1 Å². The summed E-state index contributed by atoms with van der Waals surface area (Å²) in [6.07, 6.45) is 1.33. The van der Waals surface area contributed by atoms with Crippen LogP contribution in [0.15, 0.2) is 23.1 Å². The third-order valence-electron chi connectivity index (χ3n) is 4.51. The number of amides is 2. The molecule has 2 aromatic rings. The van der Waals surface area contributed by atoms with Gasteiger partial charge in [-0.15, -0.1) is 11.3 Å². The van der Waals surface area contributed by atoms with Crippen molar-refractivity contribution in [1.82, 2.24) is 14.6 Å². The summed E-state index contributed by atoms with van der Waals surface area (Å²) in [6.45, 7) is 4.86. The standard InChI is InChI=1S/C17H22N4O3S2/c1-4-14-11(2)25-16(19-14)20-17(22)21-9-8-13-12(10-21)6-5-7-15(13)26(23,24)18-3/h5-7,18H,4,8-10H2,1-3H3,(H,19,20,22). The average molecular weight is 395 g/mol. The minimum atomic E-state index is -3.51. The number of benzene rings is 1. The van der Waals surface area contributed by atoms with Gasteiger partial charge in [-0.05, 0) is 44.0 Å². The number of nitrogens with zero attached hydrogens (tertiary/aromatic N) is 2. The molecule has 0 saturated heterocycles. The van der Waals surface area contributed by atoms with Gasteiger partial charge in [-0.3, -0.25) is 5.32 Å². The lowest BCUT2D eigenvalue weighted by Gasteiger charge is -2.29. The van der Waals surface area contributed by atoms with Crippen LogP contribution in [0.1, 0.15) is 28.6 Å². The summed E-state index contributed by atoms with van der Waals surface area (Å²) in [5.74, 6) is 0. The largest absolute Gasteiger partial charge is 0.323 e. The van der Waals surface area contributed by atoms with E-state index in [2.05, 4.69) is 15.0 Å². The fraction of sp³-hybridized carbons (Fsp3) is 0.412. The van der Waals surface area contributed by atoms with Gasteiger partial charge in [-0.2, -0.15) is 0 Å². The molecule has 2 amide bonds. The summed E-state index contributed by atoms with van der Waals surface area (Å²) in [6, 6.07) is 4.97. The number of aryl methyl sites for hydroxylation is 2. The maximum Gasteiger partial charge on any atom is 0.323 e. The topological polar surface area (TPSA) is 91.4 Å². The second-order valence-electron chi connectivity index (χ2n) is 6.08. The highest BCUT2D eigenvalue weighted by atomic mass is 32.2. The summed E-state index contributed by atoms with van der Waals surface area (Å²) in [5, 5.41) is 3.46. The lowest BCUT2D eigenvalue weighted by atomic mass is 10.00. The first kappa shape index (κ1) is 18.8. The summed E-state index contributed by atoms with van der Waals surface area (Å²) < 4.78 is 26.7. The Balaban J connectivity index is 1.78. The molecule has 0 aliphatic carbocycles. The van der Waals surface area contributed by atoms with Crippen LogP contribution in [0.5, 0.6) is 0 Å². The molecule has 0 fully saturated rings. The Bertz CT molecular complexity index is 937. The number of sulfonamides is 1. The fourth-order valence-corrected chi connectivity index (χ4v) is 5.02. The van der Waals surface area contributed by atoms with E-state index in [-0.39, 0.29) is 6.03 Å². The number of nitrogens with one attached hydrogen (secondary N) is 2. The number of fused-ring (bicyclic) bond motifs is 1. The van der Waals surface area contributed by atoms with Crippen molar-refractivity contribution in [3.05, 3.63) is 39.9 Å². The van der Waals surface area contributed by atoms with Crippen molar-refractivity contribution >= 4 is 32.5 Å². The van der Waals surface area contributed by atoms with Crippen LogP contribution in [0, 0.1) is 6.92 Å². The van der Waals surface area contributed by atoms with Crippen molar-refractivity contribution in [3.8, 4) is 0 Å². The zero-order chi connectivity index (χ0) is 18.9. The number of thiazole rings is 1. The molecule has 0 saturated carbocycles. The Morgan fingerprint density at radius 3 is 2.81 bits per heavy atom. The molecule has 0 bridgehead atoms. The van der Waals surface area contributed by atoms with E-state index < -0.39 is 10.0 Å². The van der Waals surface area contributed by atoms with Crippen molar-refractivity contribution in [2.45, 2.75) is 38.1 Å². The minimum absolute atomic E-state index is 0.214. The molecule has 2 heterocycles. The Morgan fingerprint density at radius 1 is 1.38 bits per heavy atom. The van der Waals surface area contributed by atoms with Gasteiger partial charge in [0.2, 0.25) is 10.0 Å². The van der Waals surface area contributed by atoms with Crippen LogP contribution in [-0.4, -0.2) is 37.9 Å². The van der Waals surface area contributed by atoms with Gasteiger partial charge >= 0.3 is 6.03 Å². The molecule has 9 heteroatoms. The first-order chi connectivity index (χ1) is 12.4. The number of anilines is 1. The Hall–Kier alpha value is -1.97. The number of rotatable bonds is 4. The lowest BCUT2D eigenvalue weighted by molar-refractivity contribution is 0.206. The molecule has 7 nitrogen and oxygen atoms in total. The third kappa shape index (κ3) is 3.60. The summed E-state index contributed by atoms with van der Waals surface area (Å²) in [7, 11) is -2.11. The van der Waals surface area contributed by atoms with Crippen LogP contribution in [-0.2, 0) is 29.4 Å². The monoisotopic (exact) mass is 394 g/mol. The predicted molar refractivity (Wildman–Crippen MR) is 102 cm³/mol. The number of carbonyl (C=O) groups is 1. The molecule has 140 valence electrons. The zero-order valence-corrected chi connectivity index (χ0v) is 16.6. The zero-order valence-electron chi connectivity index (χ0n) is 15.0. The van der Waals surface area contributed by atoms with Crippen molar-refractivity contribution in [3.63, 3.8) is 0 Å². The van der Waals surface area contributed by atoms with Crippen LogP contribution < -0.4 is 10.0 Å². The smallest absolute Gasteiger partial charge is 0.320 e. The molecular formula is C17H22N4O3S2. The maximum atomic E-state index is 12.6. The molecule has 0 atom stereocenters. The van der Waals surface area contributed by atoms with Gasteiger partial charge in [0.25, 0.3) is 0 Å². The first-order valence-electron chi connectivity index (χ1n) is 8.42. The van der Waals surface area contributed by atoms with Crippen molar-refractivity contribution < 1.29 is 13.2 Å². The maximum absolute atomic E-state index is 12.6. The molecule has 3 rings (SSSR count). The van der Waals surface area contributed by atoms with E-state index in [0.717, 1.165) is 28.1 Å². The SMILES string of the molecule is CCc1nc(NC(=O)N2CCc3c(cccc3S(=O)(=O)NC)C2)sc1C. The second-order valence-corrected chi connectivity index (χ2v) is 9.14. The van der Waals surface area contributed by atoms with Gasteiger partial charge in [0.05, 0.1) is 10.6 Å². The average Bonchev–Trinajstić information content (AvgIpc) is 2.99. The van der Waals surface area contributed by atoms with E-state index in [4.69, 9.17) is 0 Å². The highest BCUT2D eigenvalue weighted by molar-refractivity contribution is 7.89. The van der Waals surface area contributed by atoms with Crippen molar-refractivity contribution in [2.24, 2.45) is 0 Å². The summed E-state index contributed by atoms with van der Waals surface area (Å²) >= 11 is 1.47. The Kier molecular flexibility index (Phi) is 5.31. The van der Waals surface area contributed by atoms with Gasteiger partial charge in [0.15, 0.2) is 5.13 Å². The lowest BCUT2D eigenvalue weighted by Crippen LogP contribution is -2.39. The molecule has 0 radical (unpaired) electrons. The third-order valence-corrected chi connectivity index (χ3v) is 6.94. The molecule has 26 heavy (non-hydrogen) atoms. The highest BCUT2D eigenvalue weighted by Crippen LogP contribution is 2.27. The van der Waals surface area contributed by atoms with Crippen LogP contribution in [0.4, 0.5) is 9.93 Å². The molecule has 1 aliphatic rings. The van der Waals surface area contributed by atoms with Crippen LogP contribution in [0.2, 0.25) is 0 Å². The van der Waals surface area contributed by atoms with Crippen LogP contribution >= 0.6 is 11.3 Å². The van der Waals surface area contributed by atoms with E-state index in [1.165, 1.54) is 18.4 Å². The molecule has 1 aromatic carbocycles. The van der Waals surface area contributed by atoms with E-state index >= 15 is 0 Å². The van der Waals surface area contributed by atoms with Gasteiger partial charge < -0.3 is 4.90 Å². The highest BCUT2D eigenvalue weighted by Gasteiger charge is 2.26. The van der Waals surface area contributed by atoms with Gasteiger partial charge in [-0.25, -0.2) is 22.9 Å². The summed E-state index contributed by atoms with van der Waals surface area (Å²) in [5.41, 5.74) is 2.63. The summed E-state index contributed by atoms with van der Waals surface area (Å²) in [4.78, 5) is 20.1. The quantitative estimate of drug-likeness (QED) is 0.834. The van der Waals surface area contributed by atoms with Crippen molar-refractivity contribution in [2.75, 3.05) is 18.9 Å². The Labute approximate surface area is 157 Å². The first-order valence-corrected chi connectivity index (χ1v) is 10.7. The fourth-order valence-electron chi connectivity index (χ4n) is 3.09. The second kappa shape index (κ2) is 7.34. The van der Waals surface area contributed by atoms with Gasteiger partial charge in [0, 0.05) is 18.0 Å². The normalized spacial score (nSPS) is 14.2. The van der Waals surface area contributed by atoms with E-state index in [1.807, 2.05) is 19.9 Å². The van der Waals surface area contributed by atoms with E-state index in [0.29, 0.717) is 29.5 Å². The molecular weight excluding hydrogens is 372 g/mol. The molecule has 1 aliphatic heterocycles. The number of urea groups is 1. The Morgan fingerprint density at radius 2 is 2.15 bits per heavy atom. The van der Waals surface area contributed by atoms with E-state index in [1.54, 1.807) is 17.0 Å². The van der Waals surface area contributed by atoms with Crippen LogP contribution in [0.3, 0.4) is 0 Å². The van der Waals surface area contributed by atoms with Crippen molar-refractivity contribution in [1.29, 1.82) is 0 Å². The molecule has 1 aromatic heterocycles. The number of hydrogen-bond acceptors (Lipinski definition) is 5. The van der Waals surface area contributed by atoms with E-state index in [9.17, 15) is 13.2 Å². The van der Waals surface area contributed by atoms with Crippen LogP contribution in [0.25, 0.3) is 0 Å². The molecule has 2 N–H and O–H groups in total. The number of carbonyl (C=O) groups excluding carboxylic acids is 1. The minimum Gasteiger partial charge on any atom is -0.320 e. The predicted octanol–water partition coefficient (Wildman–Crippen LogP) is 2.51. The number of aromatic nitrogens is 1. The van der Waals surface area contributed by atoms with Gasteiger partial charge in [0.1, 0.15) is 0 Å².